The molecule has 0 aliphatic carbocycles. The summed E-state index contributed by atoms with van der Waals surface area (Å²) in [4.78, 5) is 2.53. The molecule has 3 heteroatoms. The lowest BCUT2D eigenvalue weighted by Crippen LogP contribution is -2.54. The summed E-state index contributed by atoms with van der Waals surface area (Å²) in [6, 6.07) is 0.788. The van der Waals surface area contributed by atoms with Crippen molar-refractivity contribution in [2.24, 2.45) is 5.92 Å². The van der Waals surface area contributed by atoms with E-state index in [1.807, 2.05) is 0 Å². The third-order valence-corrected chi connectivity index (χ3v) is 3.49. The van der Waals surface area contributed by atoms with Crippen molar-refractivity contribution in [1.29, 1.82) is 0 Å². The van der Waals surface area contributed by atoms with E-state index in [2.05, 4.69) is 22.6 Å². The summed E-state index contributed by atoms with van der Waals surface area (Å²) >= 11 is 0. The Morgan fingerprint density at radius 1 is 1.08 bits per heavy atom. The van der Waals surface area contributed by atoms with E-state index in [4.69, 9.17) is 0 Å². The standard InChI is InChI=1S/C10H21N3/c1-13-7-6-12-8-10(13)9-2-4-11-5-3-9/h9-12H,2-8H2,1H3. The molecule has 0 aromatic carbocycles. The maximum Gasteiger partial charge on any atom is 0.0247 e. The first-order valence-corrected chi connectivity index (χ1v) is 5.49. The molecule has 2 rings (SSSR count). The zero-order valence-electron chi connectivity index (χ0n) is 8.55. The van der Waals surface area contributed by atoms with Crippen LogP contribution in [-0.4, -0.2) is 50.7 Å². The summed E-state index contributed by atoms with van der Waals surface area (Å²) in [6.45, 7) is 6.01. The van der Waals surface area contributed by atoms with Gasteiger partial charge in [0.25, 0.3) is 0 Å². The van der Waals surface area contributed by atoms with Gasteiger partial charge in [0.1, 0.15) is 0 Å². The van der Waals surface area contributed by atoms with Gasteiger partial charge in [0.15, 0.2) is 0 Å². The first-order valence-electron chi connectivity index (χ1n) is 5.49. The molecule has 2 aliphatic heterocycles. The van der Waals surface area contributed by atoms with Crippen LogP contribution in [0.15, 0.2) is 0 Å². The number of piperazine rings is 1. The Balaban J connectivity index is 1.88. The fourth-order valence-electron chi connectivity index (χ4n) is 2.58. The molecule has 1 unspecified atom stereocenters. The van der Waals surface area contributed by atoms with Crippen molar-refractivity contribution in [3.8, 4) is 0 Å². The maximum atomic E-state index is 3.50. The van der Waals surface area contributed by atoms with E-state index in [-0.39, 0.29) is 0 Å². The Labute approximate surface area is 80.9 Å². The summed E-state index contributed by atoms with van der Waals surface area (Å²) in [6.07, 6.45) is 2.72. The first kappa shape index (κ1) is 9.44. The number of piperidine rings is 1. The van der Waals surface area contributed by atoms with Crippen LogP contribution in [0.25, 0.3) is 0 Å². The van der Waals surface area contributed by atoms with Crippen LogP contribution in [0.2, 0.25) is 0 Å². The van der Waals surface area contributed by atoms with Crippen molar-refractivity contribution in [2.45, 2.75) is 18.9 Å². The Hall–Kier alpha value is -0.120. The molecule has 0 spiro atoms. The molecule has 0 saturated carbocycles. The van der Waals surface area contributed by atoms with Crippen LogP contribution in [0.4, 0.5) is 0 Å². The molecule has 0 aromatic heterocycles. The fraction of sp³-hybridized carbons (Fsp3) is 1.00. The van der Waals surface area contributed by atoms with Gasteiger partial charge in [-0.25, -0.2) is 0 Å². The first-order chi connectivity index (χ1) is 6.38. The quantitative estimate of drug-likeness (QED) is 0.594. The van der Waals surface area contributed by atoms with E-state index in [0.717, 1.165) is 18.5 Å². The fourth-order valence-corrected chi connectivity index (χ4v) is 2.58. The minimum absolute atomic E-state index is 0.788. The van der Waals surface area contributed by atoms with E-state index in [1.54, 1.807) is 0 Å². The molecule has 2 heterocycles. The van der Waals surface area contributed by atoms with Gasteiger partial charge in [-0.2, -0.15) is 0 Å². The molecule has 13 heavy (non-hydrogen) atoms. The predicted octanol–water partition coefficient (Wildman–Crippen LogP) is -0.110. The molecule has 0 radical (unpaired) electrons. The van der Waals surface area contributed by atoms with E-state index >= 15 is 0 Å². The van der Waals surface area contributed by atoms with Gasteiger partial charge in [-0.15, -0.1) is 0 Å². The van der Waals surface area contributed by atoms with Crippen LogP contribution in [-0.2, 0) is 0 Å². The number of hydrogen-bond acceptors (Lipinski definition) is 3. The lowest BCUT2D eigenvalue weighted by atomic mass is 9.88. The van der Waals surface area contributed by atoms with Crippen LogP contribution >= 0.6 is 0 Å². The van der Waals surface area contributed by atoms with Crippen LogP contribution in [0.3, 0.4) is 0 Å². The molecule has 1 atom stereocenters. The molecule has 2 N–H and O–H groups in total. The number of nitrogens with one attached hydrogen (secondary N) is 2. The van der Waals surface area contributed by atoms with Crippen LogP contribution in [0.5, 0.6) is 0 Å². The number of nitrogens with zero attached hydrogens (tertiary/aromatic N) is 1. The van der Waals surface area contributed by atoms with Crippen LogP contribution < -0.4 is 10.6 Å². The topological polar surface area (TPSA) is 27.3 Å². The highest BCUT2D eigenvalue weighted by atomic mass is 15.2. The highest BCUT2D eigenvalue weighted by Gasteiger charge is 2.28. The van der Waals surface area contributed by atoms with Crippen LogP contribution in [0.1, 0.15) is 12.8 Å². The lowest BCUT2D eigenvalue weighted by Gasteiger charge is -2.40. The summed E-state index contributed by atoms with van der Waals surface area (Å²) < 4.78 is 0. The lowest BCUT2D eigenvalue weighted by molar-refractivity contribution is 0.122. The maximum absolute atomic E-state index is 3.50. The van der Waals surface area contributed by atoms with Gasteiger partial charge in [-0.05, 0) is 38.9 Å². The summed E-state index contributed by atoms with van der Waals surface area (Å²) in [5.74, 6) is 0.916. The van der Waals surface area contributed by atoms with Gasteiger partial charge in [-0.3, -0.25) is 0 Å². The van der Waals surface area contributed by atoms with Gasteiger partial charge < -0.3 is 15.5 Å². The van der Waals surface area contributed by atoms with Crippen molar-refractivity contribution in [1.82, 2.24) is 15.5 Å². The van der Waals surface area contributed by atoms with Gasteiger partial charge in [0.05, 0.1) is 0 Å². The average molecular weight is 183 g/mol. The van der Waals surface area contributed by atoms with E-state index in [9.17, 15) is 0 Å². The van der Waals surface area contributed by atoms with Gasteiger partial charge in [0, 0.05) is 25.7 Å². The van der Waals surface area contributed by atoms with Crippen molar-refractivity contribution < 1.29 is 0 Å². The molecule has 0 aromatic rings. The van der Waals surface area contributed by atoms with Crippen molar-refractivity contribution in [3.05, 3.63) is 0 Å². The minimum atomic E-state index is 0.788. The smallest absolute Gasteiger partial charge is 0.0247 e. The molecule has 0 amide bonds. The van der Waals surface area contributed by atoms with Crippen molar-refractivity contribution in [2.75, 3.05) is 39.8 Å². The minimum Gasteiger partial charge on any atom is -0.317 e. The van der Waals surface area contributed by atoms with Crippen molar-refractivity contribution in [3.63, 3.8) is 0 Å². The average Bonchev–Trinajstić information content (AvgIpc) is 2.20. The zero-order chi connectivity index (χ0) is 9.10. The van der Waals surface area contributed by atoms with Gasteiger partial charge in [0.2, 0.25) is 0 Å². The molecule has 0 bridgehead atoms. The number of rotatable bonds is 1. The normalized spacial score (nSPS) is 33.5. The van der Waals surface area contributed by atoms with E-state index in [1.165, 1.54) is 39.0 Å². The van der Waals surface area contributed by atoms with Gasteiger partial charge >= 0.3 is 0 Å². The second-order valence-corrected chi connectivity index (χ2v) is 4.34. The highest BCUT2D eigenvalue weighted by Crippen LogP contribution is 2.20. The van der Waals surface area contributed by atoms with Gasteiger partial charge in [-0.1, -0.05) is 0 Å². The summed E-state index contributed by atoms with van der Waals surface area (Å²) in [5.41, 5.74) is 0. The number of likely N-dealkylation sites (N-methyl/N-ethyl adjacent to an activating group) is 1. The molecule has 2 fully saturated rings. The number of hydrogen-bond donors (Lipinski definition) is 2. The Kier molecular flexibility index (Phi) is 3.19. The zero-order valence-corrected chi connectivity index (χ0v) is 8.55. The highest BCUT2D eigenvalue weighted by molar-refractivity contribution is 4.86. The second-order valence-electron chi connectivity index (χ2n) is 4.34. The molecule has 2 aliphatic rings. The summed E-state index contributed by atoms with van der Waals surface area (Å²) in [7, 11) is 2.27. The van der Waals surface area contributed by atoms with Crippen LogP contribution in [0, 0.1) is 5.92 Å². The molecule has 2 saturated heterocycles. The molecule has 76 valence electrons. The third-order valence-electron chi connectivity index (χ3n) is 3.49. The monoisotopic (exact) mass is 183 g/mol. The summed E-state index contributed by atoms with van der Waals surface area (Å²) in [5, 5.41) is 6.93. The Morgan fingerprint density at radius 2 is 1.85 bits per heavy atom. The third kappa shape index (κ3) is 2.22. The largest absolute Gasteiger partial charge is 0.317 e. The molecular formula is C10H21N3. The Bertz CT molecular complexity index is 154. The van der Waals surface area contributed by atoms with Crippen molar-refractivity contribution >= 4 is 0 Å². The molecule has 3 nitrogen and oxygen atoms in total. The van der Waals surface area contributed by atoms with E-state index in [0.29, 0.717) is 0 Å². The predicted molar refractivity (Wildman–Crippen MR) is 54.9 cm³/mol. The van der Waals surface area contributed by atoms with E-state index < -0.39 is 0 Å². The second kappa shape index (κ2) is 4.40. The Morgan fingerprint density at radius 3 is 2.54 bits per heavy atom. The molecular weight excluding hydrogens is 162 g/mol. The SMILES string of the molecule is CN1CCNCC1C1CCNCC1.